The molecular weight excluding hydrogens is 307 g/mol. The van der Waals surface area contributed by atoms with E-state index in [1.807, 2.05) is 38.1 Å². The van der Waals surface area contributed by atoms with Crippen LogP contribution in [0, 0.1) is 0 Å². The van der Waals surface area contributed by atoms with Gasteiger partial charge in [-0.3, -0.25) is 4.79 Å². The maximum Gasteiger partial charge on any atom is 0.230 e. The van der Waals surface area contributed by atoms with Gasteiger partial charge in [0.15, 0.2) is 0 Å². The van der Waals surface area contributed by atoms with Crippen molar-refractivity contribution in [3.8, 4) is 0 Å². The van der Waals surface area contributed by atoms with Crippen LogP contribution in [0.4, 0.5) is 0 Å². The number of amides is 1. The van der Waals surface area contributed by atoms with Crippen molar-refractivity contribution in [3.05, 3.63) is 46.5 Å². The molecule has 0 saturated heterocycles. The lowest BCUT2D eigenvalue weighted by Crippen LogP contribution is -2.41. The minimum atomic E-state index is -0.557. The van der Waals surface area contributed by atoms with Crippen LogP contribution in [0.15, 0.2) is 35.9 Å². The third-order valence-electron chi connectivity index (χ3n) is 3.77. The third-order valence-corrected chi connectivity index (χ3v) is 4.02. The van der Waals surface area contributed by atoms with Crippen LogP contribution in [-0.4, -0.2) is 25.5 Å². The fourth-order valence-corrected chi connectivity index (χ4v) is 2.37. The SMILES string of the molecule is CC(C)(C(=O)NCC1=CCNCC1)c1ccc(Cl)cc1.Cl. The molecule has 0 unspecified atom stereocenters. The summed E-state index contributed by atoms with van der Waals surface area (Å²) in [6.07, 6.45) is 3.15. The summed E-state index contributed by atoms with van der Waals surface area (Å²) in [5.41, 5.74) is 1.71. The number of nitrogens with one attached hydrogen (secondary N) is 2. The van der Waals surface area contributed by atoms with Crippen LogP contribution < -0.4 is 10.6 Å². The lowest BCUT2D eigenvalue weighted by atomic mass is 9.83. The maximum atomic E-state index is 12.4. The third kappa shape index (κ3) is 4.73. The number of hydrogen-bond acceptors (Lipinski definition) is 2. The number of halogens is 2. The van der Waals surface area contributed by atoms with Gasteiger partial charge in [-0.05, 0) is 44.5 Å². The molecule has 0 fully saturated rings. The van der Waals surface area contributed by atoms with Crippen LogP contribution in [-0.2, 0) is 10.2 Å². The predicted molar refractivity (Wildman–Crippen MR) is 90.3 cm³/mol. The van der Waals surface area contributed by atoms with Gasteiger partial charge in [-0.25, -0.2) is 0 Å². The lowest BCUT2D eigenvalue weighted by Gasteiger charge is -2.25. The minimum Gasteiger partial charge on any atom is -0.352 e. The lowest BCUT2D eigenvalue weighted by molar-refractivity contribution is -0.125. The average Bonchev–Trinajstić information content (AvgIpc) is 2.46. The van der Waals surface area contributed by atoms with E-state index in [9.17, 15) is 4.79 Å². The summed E-state index contributed by atoms with van der Waals surface area (Å²) in [7, 11) is 0. The molecule has 0 saturated carbocycles. The molecule has 2 N–H and O–H groups in total. The van der Waals surface area contributed by atoms with Crippen molar-refractivity contribution in [2.75, 3.05) is 19.6 Å². The first-order chi connectivity index (χ1) is 9.50. The summed E-state index contributed by atoms with van der Waals surface area (Å²) >= 11 is 5.89. The zero-order valence-electron chi connectivity index (χ0n) is 12.4. The first-order valence-electron chi connectivity index (χ1n) is 6.93. The molecule has 0 atom stereocenters. The average molecular weight is 329 g/mol. The fraction of sp³-hybridized carbons (Fsp3) is 0.438. The Morgan fingerprint density at radius 2 is 2.00 bits per heavy atom. The van der Waals surface area contributed by atoms with Gasteiger partial charge in [-0.15, -0.1) is 12.4 Å². The molecule has 0 bridgehead atoms. The second-order valence-electron chi connectivity index (χ2n) is 5.63. The van der Waals surface area contributed by atoms with Gasteiger partial charge in [0.25, 0.3) is 0 Å². The predicted octanol–water partition coefficient (Wildman–Crippen LogP) is 3.08. The second kappa shape index (κ2) is 7.83. The summed E-state index contributed by atoms with van der Waals surface area (Å²) in [5, 5.41) is 6.98. The zero-order valence-corrected chi connectivity index (χ0v) is 14.0. The highest BCUT2D eigenvalue weighted by Crippen LogP contribution is 2.25. The molecule has 0 aromatic heterocycles. The van der Waals surface area contributed by atoms with E-state index in [1.165, 1.54) is 5.57 Å². The van der Waals surface area contributed by atoms with E-state index >= 15 is 0 Å². The minimum absolute atomic E-state index is 0. The number of carbonyl (C=O) groups excluding carboxylic acids is 1. The van der Waals surface area contributed by atoms with Crippen molar-refractivity contribution in [1.29, 1.82) is 0 Å². The monoisotopic (exact) mass is 328 g/mol. The largest absolute Gasteiger partial charge is 0.352 e. The van der Waals surface area contributed by atoms with Crippen LogP contribution in [0.1, 0.15) is 25.8 Å². The van der Waals surface area contributed by atoms with Gasteiger partial charge in [0, 0.05) is 18.1 Å². The Balaban J connectivity index is 0.00000220. The van der Waals surface area contributed by atoms with E-state index in [0.29, 0.717) is 11.6 Å². The van der Waals surface area contributed by atoms with Gasteiger partial charge in [0.2, 0.25) is 5.91 Å². The van der Waals surface area contributed by atoms with Gasteiger partial charge in [0.05, 0.1) is 5.41 Å². The number of rotatable bonds is 4. The highest BCUT2D eigenvalue weighted by molar-refractivity contribution is 6.30. The van der Waals surface area contributed by atoms with E-state index in [1.54, 1.807) is 0 Å². The van der Waals surface area contributed by atoms with Crippen molar-refractivity contribution in [2.24, 2.45) is 0 Å². The van der Waals surface area contributed by atoms with Crippen LogP contribution in [0.2, 0.25) is 5.02 Å². The molecule has 2 rings (SSSR count). The normalized spacial score (nSPS) is 14.9. The first-order valence-corrected chi connectivity index (χ1v) is 7.31. The molecular formula is C16H22Cl2N2O. The van der Waals surface area contributed by atoms with Crippen LogP contribution in [0.5, 0.6) is 0 Å². The van der Waals surface area contributed by atoms with Crippen molar-refractivity contribution < 1.29 is 4.79 Å². The molecule has 3 nitrogen and oxygen atoms in total. The molecule has 0 aliphatic carbocycles. The number of carbonyl (C=O) groups is 1. The van der Waals surface area contributed by atoms with Crippen LogP contribution >= 0.6 is 24.0 Å². The Kier molecular flexibility index (Phi) is 6.72. The van der Waals surface area contributed by atoms with Gasteiger partial charge in [-0.2, -0.15) is 0 Å². The highest BCUT2D eigenvalue weighted by atomic mass is 35.5. The summed E-state index contributed by atoms with van der Waals surface area (Å²) in [4.78, 5) is 12.4. The smallest absolute Gasteiger partial charge is 0.230 e. The molecule has 5 heteroatoms. The molecule has 116 valence electrons. The van der Waals surface area contributed by atoms with Crippen molar-refractivity contribution >= 4 is 29.9 Å². The van der Waals surface area contributed by atoms with Gasteiger partial charge < -0.3 is 10.6 Å². The van der Waals surface area contributed by atoms with Gasteiger partial charge in [-0.1, -0.05) is 35.4 Å². The molecule has 1 aliphatic rings. The summed E-state index contributed by atoms with van der Waals surface area (Å²) < 4.78 is 0. The Hall–Kier alpha value is -1.03. The van der Waals surface area contributed by atoms with E-state index in [2.05, 4.69) is 16.7 Å². The molecule has 1 aromatic rings. The number of benzene rings is 1. The Bertz CT molecular complexity index is 510. The fourth-order valence-electron chi connectivity index (χ4n) is 2.24. The molecule has 0 spiro atoms. The zero-order chi connectivity index (χ0) is 14.6. The molecule has 1 aliphatic heterocycles. The van der Waals surface area contributed by atoms with Crippen molar-refractivity contribution in [1.82, 2.24) is 10.6 Å². The maximum absolute atomic E-state index is 12.4. The quantitative estimate of drug-likeness (QED) is 0.834. The van der Waals surface area contributed by atoms with Crippen LogP contribution in [0.25, 0.3) is 0 Å². The van der Waals surface area contributed by atoms with E-state index < -0.39 is 5.41 Å². The van der Waals surface area contributed by atoms with Crippen LogP contribution in [0.3, 0.4) is 0 Å². The standard InChI is InChI=1S/C16H21ClN2O.ClH/c1-16(2,13-3-5-14(17)6-4-13)15(20)19-11-12-7-9-18-10-8-12;/h3-7,18H,8-11H2,1-2H3,(H,19,20);1H. The summed E-state index contributed by atoms with van der Waals surface area (Å²) in [5.74, 6) is 0.0410. The van der Waals surface area contributed by atoms with Crippen molar-refractivity contribution in [3.63, 3.8) is 0 Å². The first kappa shape index (κ1) is 18.0. The molecule has 1 amide bonds. The van der Waals surface area contributed by atoms with E-state index in [0.717, 1.165) is 25.1 Å². The molecule has 1 heterocycles. The highest BCUT2D eigenvalue weighted by Gasteiger charge is 2.29. The van der Waals surface area contributed by atoms with Gasteiger partial charge >= 0.3 is 0 Å². The van der Waals surface area contributed by atoms with Gasteiger partial charge in [0.1, 0.15) is 0 Å². The molecule has 21 heavy (non-hydrogen) atoms. The summed E-state index contributed by atoms with van der Waals surface area (Å²) in [6.45, 7) is 6.39. The second-order valence-corrected chi connectivity index (χ2v) is 6.07. The number of hydrogen-bond donors (Lipinski definition) is 2. The van der Waals surface area contributed by atoms with E-state index in [4.69, 9.17) is 11.6 Å². The Labute approximate surface area is 137 Å². The Morgan fingerprint density at radius 3 is 2.57 bits per heavy atom. The summed E-state index contributed by atoms with van der Waals surface area (Å²) in [6, 6.07) is 7.46. The van der Waals surface area contributed by atoms with E-state index in [-0.39, 0.29) is 18.3 Å². The molecule has 0 radical (unpaired) electrons. The topological polar surface area (TPSA) is 41.1 Å². The Morgan fingerprint density at radius 1 is 1.33 bits per heavy atom. The molecule has 1 aromatic carbocycles. The van der Waals surface area contributed by atoms with Crippen molar-refractivity contribution in [2.45, 2.75) is 25.7 Å².